The molecule has 0 radical (unpaired) electrons. The van der Waals surface area contributed by atoms with Crippen LogP contribution in [-0.4, -0.2) is 81.0 Å². The smallest absolute Gasteiger partial charge is 0.247 e. The zero-order valence-corrected chi connectivity index (χ0v) is 25.8. The summed E-state index contributed by atoms with van der Waals surface area (Å²) < 4.78 is 44.4. The summed E-state index contributed by atoms with van der Waals surface area (Å²) in [6, 6.07) is 10.0. The predicted molar refractivity (Wildman–Crippen MR) is 169 cm³/mol. The Hall–Kier alpha value is -3.94. The lowest BCUT2D eigenvalue weighted by molar-refractivity contribution is -0.111. The number of aromatic nitrogens is 2. The summed E-state index contributed by atoms with van der Waals surface area (Å²) in [6.45, 7) is 9.39. The van der Waals surface area contributed by atoms with Crippen molar-refractivity contribution >= 4 is 61.9 Å². The molecule has 1 fully saturated rings. The first-order valence-electron chi connectivity index (χ1n) is 13.7. The molecule has 0 spiro atoms. The lowest BCUT2D eigenvalue weighted by atomic mass is 10.1. The number of carbonyl (C=O) groups is 1. The summed E-state index contributed by atoms with van der Waals surface area (Å²) in [7, 11) is -2.07. The van der Waals surface area contributed by atoms with Gasteiger partial charge in [0.1, 0.15) is 17.4 Å². The number of amides is 1. The van der Waals surface area contributed by atoms with Gasteiger partial charge >= 0.3 is 0 Å². The predicted octanol–water partition coefficient (Wildman–Crippen LogP) is 5.02. The van der Waals surface area contributed by atoms with Crippen molar-refractivity contribution in [1.29, 1.82) is 0 Å². The molecule has 14 heteroatoms. The topological polar surface area (TPSA) is 129 Å². The Morgan fingerprint density at radius 1 is 1.14 bits per heavy atom. The van der Waals surface area contributed by atoms with E-state index in [2.05, 4.69) is 37.4 Å². The number of hydrogen-bond acceptors (Lipinski definition) is 10. The number of nitrogens with one attached hydrogen (secondary N) is 3. The largest absolute Gasteiger partial charge is 0.494 e. The van der Waals surface area contributed by atoms with Gasteiger partial charge in [0.05, 0.1) is 46.2 Å². The van der Waals surface area contributed by atoms with Crippen molar-refractivity contribution in [2.75, 3.05) is 67.4 Å². The van der Waals surface area contributed by atoms with Gasteiger partial charge in [-0.2, -0.15) is 4.98 Å². The Morgan fingerprint density at radius 3 is 2.51 bits per heavy atom. The fraction of sp³-hybridized carbons (Fsp3) is 0.345. The number of piperazine rings is 1. The Morgan fingerprint density at radius 2 is 1.86 bits per heavy atom. The molecule has 0 unspecified atom stereocenters. The third-order valence-corrected chi connectivity index (χ3v) is 9.42. The zero-order valence-electron chi connectivity index (χ0n) is 24.2. The van der Waals surface area contributed by atoms with Crippen LogP contribution in [0.5, 0.6) is 5.75 Å². The van der Waals surface area contributed by atoms with Crippen LogP contribution in [0.2, 0.25) is 5.02 Å². The molecular weight excluding hydrogens is 597 g/mol. The van der Waals surface area contributed by atoms with Crippen LogP contribution in [0.4, 0.5) is 38.9 Å². The lowest BCUT2D eigenvalue weighted by Crippen LogP contribution is -2.47. The number of hydrogen-bond donors (Lipinski definition) is 3. The fourth-order valence-electron chi connectivity index (χ4n) is 4.55. The molecule has 1 aliphatic rings. The van der Waals surface area contributed by atoms with Gasteiger partial charge in [-0.05, 0) is 38.1 Å². The molecule has 3 N–H and O–H groups in total. The SMILES string of the molecule is C=CC(=O)Nc1cc(Nc2ncc(Cl)c(Nc3ccccc3S(=O)(=O)C(C)C)n2)c(OC)cc1N1CCN(CCF)CC1. The van der Waals surface area contributed by atoms with Crippen molar-refractivity contribution in [3.63, 3.8) is 0 Å². The van der Waals surface area contributed by atoms with Gasteiger partial charge in [-0.1, -0.05) is 30.3 Å². The highest BCUT2D eigenvalue weighted by Crippen LogP contribution is 2.39. The number of halogens is 2. The number of benzene rings is 2. The summed E-state index contributed by atoms with van der Waals surface area (Å²) in [4.78, 5) is 25.4. The number of alkyl halides is 1. The quantitative estimate of drug-likeness (QED) is 0.234. The Labute approximate surface area is 256 Å². The van der Waals surface area contributed by atoms with Crippen molar-refractivity contribution in [3.8, 4) is 5.75 Å². The number of nitrogens with zero attached hydrogens (tertiary/aromatic N) is 4. The second-order valence-corrected chi connectivity index (χ2v) is 12.9. The lowest BCUT2D eigenvalue weighted by Gasteiger charge is -2.36. The molecule has 1 saturated heterocycles. The van der Waals surface area contributed by atoms with Crippen LogP contribution in [-0.2, 0) is 14.6 Å². The van der Waals surface area contributed by atoms with Gasteiger partial charge in [0.15, 0.2) is 15.7 Å². The third-order valence-electron chi connectivity index (χ3n) is 6.93. The van der Waals surface area contributed by atoms with Gasteiger partial charge in [-0.3, -0.25) is 9.69 Å². The molecule has 11 nitrogen and oxygen atoms in total. The average Bonchev–Trinajstić information content (AvgIpc) is 2.99. The van der Waals surface area contributed by atoms with Crippen LogP contribution in [0.3, 0.4) is 0 Å². The summed E-state index contributed by atoms with van der Waals surface area (Å²) in [5.74, 6) is 0.396. The average molecular weight is 632 g/mol. The standard InChI is InChI=1S/C29H35ClFN7O4S/c1-5-27(39)33-22-16-23(25(42-4)17-24(22)38-14-12-37(11-10-31)13-15-38)35-29-32-18-20(30)28(36-29)34-21-8-6-7-9-26(21)43(40,41)19(2)3/h5-9,16-19H,1,10-15H2,2-4H3,(H,33,39)(H2,32,34,35,36). The Kier molecular flexibility index (Phi) is 10.4. The molecule has 2 heterocycles. The van der Waals surface area contributed by atoms with Gasteiger partial charge in [0, 0.05) is 38.8 Å². The summed E-state index contributed by atoms with van der Waals surface area (Å²) in [5, 5.41) is 8.55. The number of ether oxygens (including phenoxy) is 1. The summed E-state index contributed by atoms with van der Waals surface area (Å²) in [6.07, 6.45) is 2.56. The zero-order chi connectivity index (χ0) is 31.1. The van der Waals surface area contributed by atoms with E-state index in [1.54, 1.807) is 44.2 Å². The molecular formula is C29H35ClFN7O4S. The number of rotatable bonds is 12. The fourth-order valence-corrected chi connectivity index (χ4v) is 5.89. The van der Waals surface area contributed by atoms with Crippen molar-refractivity contribution in [2.24, 2.45) is 0 Å². The van der Waals surface area contributed by atoms with E-state index in [0.29, 0.717) is 55.5 Å². The molecule has 2 aromatic carbocycles. The molecule has 43 heavy (non-hydrogen) atoms. The second kappa shape index (κ2) is 14.0. The van der Waals surface area contributed by atoms with Gasteiger partial charge < -0.3 is 25.6 Å². The van der Waals surface area contributed by atoms with E-state index in [-0.39, 0.29) is 21.7 Å². The molecule has 0 bridgehead atoms. The van der Waals surface area contributed by atoms with Gasteiger partial charge in [0.25, 0.3) is 0 Å². The highest BCUT2D eigenvalue weighted by Gasteiger charge is 2.24. The Balaban J connectivity index is 1.66. The van der Waals surface area contributed by atoms with Crippen LogP contribution >= 0.6 is 11.6 Å². The number of anilines is 6. The van der Waals surface area contributed by atoms with Crippen molar-refractivity contribution in [2.45, 2.75) is 24.0 Å². The van der Waals surface area contributed by atoms with E-state index < -0.39 is 27.7 Å². The molecule has 0 saturated carbocycles. The number of para-hydroxylation sites is 1. The van der Waals surface area contributed by atoms with E-state index in [1.807, 2.05) is 4.90 Å². The second-order valence-electron chi connectivity index (χ2n) is 10.0. The molecule has 230 valence electrons. The van der Waals surface area contributed by atoms with Crippen molar-refractivity contribution in [3.05, 3.63) is 60.3 Å². The third kappa shape index (κ3) is 7.53. The first kappa shape index (κ1) is 32.0. The molecule has 1 aromatic heterocycles. The van der Waals surface area contributed by atoms with Crippen molar-refractivity contribution in [1.82, 2.24) is 14.9 Å². The molecule has 0 aliphatic carbocycles. The van der Waals surface area contributed by atoms with E-state index >= 15 is 0 Å². The van der Waals surface area contributed by atoms with E-state index in [4.69, 9.17) is 16.3 Å². The first-order valence-corrected chi connectivity index (χ1v) is 15.6. The maximum atomic E-state index is 12.9. The number of sulfone groups is 1. The maximum Gasteiger partial charge on any atom is 0.247 e. The molecule has 0 atom stereocenters. The number of methoxy groups -OCH3 is 1. The monoisotopic (exact) mass is 631 g/mol. The molecule has 4 rings (SSSR count). The minimum absolute atomic E-state index is 0.125. The van der Waals surface area contributed by atoms with E-state index in [0.717, 1.165) is 5.69 Å². The van der Waals surface area contributed by atoms with Gasteiger partial charge in [0.2, 0.25) is 11.9 Å². The molecule has 1 aliphatic heterocycles. The minimum atomic E-state index is -3.59. The number of carbonyl (C=O) groups excluding carboxylic acids is 1. The Bertz CT molecular complexity index is 1580. The van der Waals surface area contributed by atoms with Crippen LogP contribution < -0.4 is 25.6 Å². The maximum absolute atomic E-state index is 12.9. The van der Waals surface area contributed by atoms with Crippen molar-refractivity contribution < 1.29 is 22.3 Å². The van der Waals surface area contributed by atoms with E-state index in [9.17, 15) is 17.6 Å². The van der Waals surface area contributed by atoms with Crippen LogP contribution in [0, 0.1) is 0 Å². The first-order chi connectivity index (χ1) is 20.6. The highest BCUT2D eigenvalue weighted by molar-refractivity contribution is 7.92. The van der Waals surface area contributed by atoms with Crippen LogP contribution in [0.15, 0.2) is 60.1 Å². The minimum Gasteiger partial charge on any atom is -0.494 e. The summed E-state index contributed by atoms with van der Waals surface area (Å²) >= 11 is 6.40. The van der Waals surface area contributed by atoms with Gasteiger partial charge in [-0.25, -0.2) is 17.8 Å². The van der Waals surface area contributed by atoms with Crippen LogP contribution in [0.1, 0.15) is 13.8 Å². The van der Waals surface area contributed by atoms with Gasteiger partial charge in [-0.15, -0.1) is 0 Å². The van der Waals surface area contributed by atoms with Crippen LogP contribution in [0.25, 0.3) is 0 Å². The molecule has 1 amide bonds. The highest BCUT2D eigenvalue weighted by atomic mass is 35.5. The summed E-state index contributed by atoms with van der Waals surface area (Å²) in [5.41, 5.74) is 2.02. The normalized spacial score (nSPS) is 14.0. The van der Waals surface area contributed by atoms with E-state index in [1.165, 1.54) is 25.4 Å². The molecule has 3 aromatic rings.